The number of alkyl halides is 3. The number of nitrogens with two attached hydrogens (primary N) is 1. The van der Waals surface area contributed by atoms with Gasteiger partial charge in [0.2, 0.25) is 5.95 Å². The van der Waals surface area contributed by atoms with E-state index in [9.17, 15) is 13.2 Å². The van der Waals surface area contributed by atoms with Gasteiger partial charge in [-0.25, -0.2) is 4.98 Å². The summed E-state index contributed by atoms with van der Waals surface area (Å²) in [6, 6.07) is -0.00950. The van der Waals surface area contributed by atoms with E-state index in [4.69, 9.17) is 10.5 Å². The van der Waals surface area contributed by atoms with Crippen molar-refractivity contribution >= 4 is 11.8 Å². The fourth-order valence-electron chi connectivity index (χ4n) is 3.49. The van der Waals surface area contributed by atoms with Gasteiger partial charge < -0.3 is 15.8 Å². The molecule has 0 radical (unpaired) electrons. The molecule has 2 aromatic heterocycles. The zero-order valence-corrected chi connectivity index (χ0v) is 14.8. The van der Waals surface area contributed by atoms with E-state index < -0.39 is 11.7 Å². The Morgan fingerprint density at radius 3 is 2.65 bits per heavy atom. The van der Waals surface area contributed by atoms with Crippen molar-refractivity contribution in [3.05, 3.63) is 17.5 Å². The molecule has 3 N–H and O–H groups in total. The molecule has 0 amide bonds. The molecular formula is C16H21F3N6O. The molecular weight excluding hydrogens is 349 g/mol. The number of nitrogen functional groups attached to an aromatic ring is 1. The van der Waals surface area contributed by atoms with Crippen molar-refractivity contribution in [1.29, 1.82) is 0 Å². The minimum Gasteiger partial charge on any atom is -0.379 e. The second kappa shape index (κ2) is 6.75. The summed E-state index contributed by atoms with van der Waals surface area (Å²) in [5, 5.41) is 6.88. The third kappa shape index (κ3) is 3.20. The van der Waals surface area contributed by atoms with Crippen LogP contribution in [0.2, 0.25) is 0 Å². The monoisotopic (exact) mass is 370 g/mol. The van der Waals surface area contributed by atoms with E-state index in [0.29, 0.717) is 5.69 Å². The van der Waals surface area contributed by atoms with Gasteiger partial charge in [0.25, 0.3) is 0 Å². The lowest BCUT2D eigenvalue weighted by Crippen LogP contribution is -2.21. The van der Waals surface area contributed by atoms with Crippen molar-refractivity contribution in [2.24, 2.45) is 0 Å². The molecule has 1 aliphatic rings. The Hall–Kier alpha value is -2.36. The van der Waals surface area contributed by atoms with E-state index in [1.807, 2.05) is 0 Å². The number of rotatable bonds is 4. The van der Waals surface area contributed by atoms with E-state index in [0.717, 1.165) is 19.3 Å². The predicted molar refractivity (Wildman–Crippen MR) is 90.6 cm³/mol. The molecule has 0 spiro atoms. The molecule has 2 atom stereocenters. The zero-order valence-electron chi connectivity index (χ0n) is 14.8. The third-order valence-electron chi connectivity index (χ3n) is 4.68. The number of methoxy groups -OCH3 is 1. The fourth-order valence-corrected chi connectivity index (χ4v) is 3.49. The number of aromatic nitrogens is 4. The van der Waals surface area contributed by atoms with Crippen LogP contribution >= 0.6 is 0 Å². The molecule has 7 nitrogen and oxygen atoms in total. The molecule has 0 aromatic carbocycles. The topological polar surface area (TPSA) is 90.9 Å². The molecule has 1 fully saturated rings. The molecule has 3 rings (SSSR count). The number of aryl methyl sites for hydroxylation is 1. The maximum atomic E-state index is 13.7. The number of hydrogen-bond acceptors (Lipinski definition) is 6. The molecule has 10 heteroatoms. The van der Waals surface area contributed by atoms with Gasteiger partial charge in [0.15, 0.2) is 0 Å². The Labute approximate surface area is 148 Å². The number of nitrogens with one attached hydrogen (secondary N) is 1. The highest BCUT2D eigenvalue weighted by molar-refractivity contribution is 5.72. The van der Waals surface area contributed by atoms with Crippen LogP contribution in [0.15, 0.2) is 6.20 Å². The normalized spacial score (nSPS) is 20.5. The lowest BCUT2D eigenvalue weighted by Gasteiger charge is -2.18. The number of nitrogens with zero attached hydrogens (tertiary/aromatic N) is 4. The highest BCUT2D eigenvalue weighted by Crippen LogP contribution is 2.42. The molecule has 0 bridgehead atoms. The quantitative estimate of drug-likeness (QED) is 0.860. The van der Waals surface area contributed by atoms with Gasteiger partial charge in [-0.15, -0.1) is 0 Å². The second-order valence-electron chi connectivity index (χ2n) is 6.28. The maximum Gasteiger partial charge on any atom is 0.422 e. The van der Waals surface area contributed by atoms with Crippen molar-refractivity contribution in [2.45, 2.75) is 44.5 Å². The second-order valence-corrected chi connectivity index (χ2v) is 6.28. The zero-order chi connectivity index (χ0) is 19.1. The summed E-state index contributed by atoms with van der Waals surface area (Å²) in [6.45, 7) is 1.65. The third-order valence-corrected chi connectivity index (χ3v) is 4.68. The minimum absolute atomic E-state index is 0.00688. The van der Waals surface area contributed by atoms with Gasteiger partial charge in [-0.2, -0.15) is 23.3 Å². The van der Waals surface area contributed by atoms with Gasteiger partial charge in [-0.1, -0.05) is 0 Å². The largest absolute Gasteiger partial charge is 0.422 e. The summed E-state index contributed by atoms with van der Waals surface area (Å²) >= 11 is 0. The molecule has 142 valence electrons. The number of halogens is 3. The first-order chi connectivity index (χ1) is 12.3. The van der Waals surface area contributed by atoms with Gasteiger partial charge in [0.05, 0.1) is 23.5 Å². The summed E-state index contributed by atoms with van der Waals surface area (Å²) in [5.74, 6) is -0.595. The summed E-state index contributed by atoms with van der Waals surface area (Å²) in [5.41, 5.74) is 5.13. The van der Waals surface area contributed by atoms with Crippen LogP contribution in [-0.2, 0) is 10.9 Å². The molecule has 2 unspecified atom stereocenters. The summed E-state index contributed by atoms with van der Waals surface area (Å²) < 4.78 is 48.1. The average Bonchev–Trinajstić information content (AvgIpc) is 3.18. The van der Waals surface area contributed by atoms with Crippen LogP contribution in [0.5, 0.6) is 0 Å². The van der Waals surface area contributed by atoms with Crippen LogP contribution in [0.1, 0.15) is 36.6 Å². The van der Waals surface area contributed by atoms with Crippen LogP contribution < -0.4 is 11.1 Å². The number of ether oxygens (including phenoxy) is 1. The Kier molecular flexibility index (Phi) is 4.78. The summed E-state index contributed by atoms with van der Waals surface area (Å²) in [4.78, 5) is 7.55. The van der Waals surface area contributed by atoms with E-state index >= 15 is 0 Å². The van der Waals surface area contributed by atoms with Crippen molar-refractivity contribution in [3.8, 4) is 11.3 Å². The average molecular weight is 370 g/mol. The first kappa shape index (κ1) is 18.4. The first-order valence-corrected chi connectivity index (χ1v) is 8.27. The van der Waals surface area contributed by atoms with Crippen molar-refractivity contribution in [3.63, 3.8) is 0 Å². The van der Waals surface area contributed by atoms with Gasteiger partial charge in [-0.3, -0.25) is 4.68 Å². The van der Waals surface area contributed by atoms with Crippen molar-refractivity contribution in [2.75, 3.05) is 25.2 Å². The molecule has 1 saturated carbocycles. The Balaban J connectivity index is 2.14. The number of hydrogen-bond donors (Lipinski definition) is 2. The van der Waals surface area contributed by atoms with Gasteiger partial charge in [-0.05, 0) is 26.2 Å². The Morgan fingerprint density at radius 1 is 1.31 bits per heavy atom. The predicted octanol–water partition coefficient (Wildman–Crippen LogP) is 3.03. The van der Waals surface area contributed by atoms with Gasteiger partial charge >= 0.3 is 6.18 Å². The smallest absolute Gasteiger partial charge is 0.379 e. The molecule has 1 aliphatic carbocycles. The fraction of sp³-hybridized carbons (Fsp3) is 0.562. The van der Waals surface area contributed by atoms with Gasteiger partial charge in [0, 0.05) is 25.9 Å². The summed E-state index contributed by atoms with van der Waals surface area (Å²) in [6.07, 6.45) is -0.318. The van der Waals surface area contributed by atoms with Crippen LogP contribution in [0.25, 0.3) is 11.3 Å². The Morgan fingerprint density at radius 2 is 2.04 bits per heavy atom. The van der Waals surface area contributed by atoms with E-state index in [1.165, 1.54) is 7.05 Å². The van der Waals surface area contributed by atoms with Crippen LogP contribution in [0.4, 0.5) is 24.9 Å². The maximum absolute atomic E-state index is 13.7. The van der Waals surface area contributed by atoms with Crippen LogP contribution in [-0.4, -0.2) is 40.0 Å². The minimum atomic E-state index is -4.64. The molecule has 0 saturated heterocycles. The summed E-state index contributed by atoms with van der Waals surface area (Å²) in [7, 11) is 2.99. The van der Waals surface area contributed by atoms with E-state index in [2.05, 4.69) is 20.4 Å². The SMILES string of the molecule is CNc1nc(N)nc(-c2cn(C3CCCC3OC)nc2C)c1C(F)(F)F. The Bertz CT molecular complexity index is 804. The highest BCUT2D eigenvalue weighted by atomic mass is 19.4. The van der Waals surface area contributed by atoms with Gasteiger partial charge in [0.1, 0.15) is 11.4 Å². The van der Waals surface area contributed by atoms with Crippen molar-refractivity contribution < 1.29 is 17.9 Å². The highest BCUT2D eigenvalue weighted by Gasteiger charge is 2.40. The standard InChI is InChI=1S/C16H21F3N6O/c1-8-9(7-25(24-8)10-5-4-6-11(10)26-3)13-12(16(17,18)19)14(21-2)23-15(20)22-13/h7,10-11H,4-6H2,1-3H3,(H3,20,21,22,23). The molecule has 26 heavy (non-hydrogen) atoms. The molecule has 0 aliphatic heterocycles. The molecule has 2 heterocycles. The lowest BCUT2D eigenvalue weighted by molar-refractivity contribution is -0.136. The lowest BCUT2D eigenvalue weighted by atomic mass is 10.1. The number of anilines is 2. The first-order valence-electron chi connectivity index (χ1n) is 8.27. The van der Waals surface area contributed by atoms with Crippen LogP contribution in [0, 0.1) is 6.92 Å². The van der Waals surface area contributed by atoms with E-state index in [1.54, 1.807) is 24.9 Å². The molecule has 2 aromatic rings. The van der Waals surface area contributed by atoms with Crippen LogP contribution in [0.3, 0.4) is 0 Å². The van der Waals surface area contributed by atoms with E-state index in [-0.39, 0.29) is 35.2 Å². The van der Waals surface area contributed by atoms with Crippen molar-refractivity contribution in [1.82, 2.24) is 19.7 Å².